The van der Waals surface area contributed by atoms with E-state index in [4.69, 9.17) is 5.73 Å². The molecule has 0 aliphatic carbocycles. The molecule has 0 bridgehead atoms. The van der Waals surface area contributed by atoms with E-state index in [1.807, 2.05) is 11.7 Å². The van der Waals surface area contributed by atoms with Gasteiger partial charge in [0, 0.05) is 31.4 Å². The molecule has 3 unspecified atom stereocenters. The molecule has 3 atom stereocenters. The van der Waals surface area contributed by atoms with E-state index in [0.717, 1.165) is 24.7 Å². The molecule has 0 saturated carbocycles. The summed E-state index contributed by atoms with van der Waals surface area (Å²) in [5, 5.41) is 4.45. The van der Waals surface area contributed by atoms with Crippen molar-refractivity contribution < 1.29 is 0 Å². The van der Waals surface area contributed by atoms with Gasteiger partial charge in [0.1, 0.15) is 0 Å². The SMILES string of the molecule is Cc1nn(C)cc1C(C)N1CCC(C)C(CN)C1. The molecule has 0 radical (unpaired) electrons. The second-order valence-corrected chi connectivity index (χ2v) is 5.78. The first-order valence-electron chi connectivity index (χ1n) is 6.97. The second kappa shape index (κ2) is 5.41. The van der Waals surface area contributed by atoms with E-state index >= 15 is 0 Å². The molecule has 2 rings (SSSR count). The van der Waals surface area contributed by atoms with Gasteiger partial charge >= 0.3 is 0 Å². The Morgan fingerprint density at radius 3 is 2.83 bits per heavy atom. The number of aromatic nitrogens is 2. The zero-order chi connectivity index (χ0) is 13.3. The minimum Gasteiger partial charge on any atom is -0.330 e. The summed E-state index contributed by atoms with van der Waals surface area (Å²) in [6.07, 6.45) is 3.40. The molecule has 1 aliphatic rings. The molecule has 1 saturated heterocycles. The zero-order valence-corrected chi connectivity index (χ0v) is 12.1. The lowest BCUT2D eigenvalue weighted by Gasteiger charge is -2.39. The Kier molecular flexibility index (Phi) is 4.07. The maximum Gasteiger partial charge on any atom is 0.0641 e. The summed E-state index contributed by atoms with van der Waals surface area (Å²) in [5.74, 6) is 1.40. The fourth-order valence-corrected chi connectivity index (χ4v) is 3.06. The molecular weight excluding hydrogens is 224 g/mol. The number of nitrogens with zero attached hydrogens (tertiary/aromatic N) is 3. The summed E-state index contributed by atoms with van der Waals surface area (Å²) in [6.45, 7) is 9.80. The van der Waals surface area contributed by atoms with E-state index in [1.165, 1.54) is 18.5 Å². The Morgan fingerprint density at radius 1 is 1.56 bits per heavy atom. The molecule has 0 amide bonds. The third-order valence-electron chi connectivity index (χ3n) is 4.50. The highest BCUT2D eigenvalue weighted by molar-refractivity contribution is 5.19. The van der Waals surface area contributed by atoms with Crippen molar-refractivity contribution in [2.24, 2.45) is 24.6 Å². The molecule has 1 aromatic heterocycles. The highest BCUT2D eigenvalue weighted by Gasteiger charge is 2.29. The zero-order valence-electron chi connectivity index (χ0n) is 12.1. The standard InChI is InChI=1S/C14H26N4/c1-10-5-6-18(8-13(10)7-15)12(3)14-9-17(4)16-11(14)2/h9-10,12-13H,5-8,15H2,1-4H3. The van der Waals surface area contributed by atoms with E-state index in [1.54, 1.807) is 0 Å². The highest BCUT2D eigenvalue weighted by atomic mass is 15.3. The van der Waals surface area contributed by atoms with Gasteiger partial charge in [-0.3, -0.25) is 9.58 Å². The van der Waals surface area contributed by atoms with Gasteiger partial charge in [0.15, 0.2) is 0 Å². The molecule has 1 aliphatic heterocycles. The average molecular weight is 250 g/mol. The largest absolute Gasteiger partial charge is 0.330 e. The number of piperidine rings is 1. The van der Waals surface area contributed by atoms with Crippen molar-refractivity contribution in [1.82, 2.24) is 14.7 Å². The smallest absolute Gasteiger partial charge is 0.0641 e. The third kappa shape index (κ3) is 2.59. The van der Waals surface area contributed by atoms with Gasteiger partial charge in [-0.15, -0.1) is 0 Å². The van der Waals surface area contributed by atoms with Gasteiger partial charge < -0.3 is 5.73 Å². The Labute approximate surface area is 110 Å². The lowest BCUT2D eigenvalue weighted by molar-refractivity contribution is 0.0976. The van der Waals surface area contributed by atoms with Gasteiger partial charge in [-0.25, -0.2) is 0 Å². The van der Waals surface area contributed by atoms with Crippen molar-refractivity contribution in [1.29, 1.82) is 0 Å². The van der Waals surface area contributed by atoms with Gasteiger partial charge in [-0.2, -0.15) is 5.10 Å². The molecule has 2 N–H and O–H groups in total. The van der Waals surface area contributed by atoms with Gasteiger partial charge in [-0.05, 0) is 45.2 Å². The van der Waals surface area contributed by atoms with Crippen LogP contribution in [0.4, 0.5) is 0 Å². The monoisotopic (exact) mass is 250 g/mol. The Balaban J connectivity index is 2.10. The lowest BCUT2D eigenvalue weighted by Crippen LogP contribution is -2.43. The van der Waals surface area contributed by atoms with Crippen LogP contribution in [0, 0.1) is 18.8 Å². The molecule has 4 heteroatoms. The second-order valence-electron chi connectivity index (χ2n) is 5.78. The number of rotatable bonds is 3. The molecule has 0 aromatic carbocycles. The average Bonchev–Trinajstić information content (AvgIpc) is 2.68. The summed E-state index contributed by atoms with van der Waals surface area (Å²) < 4.78 is 1.91. The normalized spacial score (nSPS) is 27.4. The maximum atomic E-state index is 5.89. The molecule has 1 aromatic rings. The fourth-order valence-electron chi connectivity index (χ4n) is 3.06. The van der Waals surface area contributed by atoms with Crippen molar-refractivity contribution in [2.75, 3.05) is 19.6 Å². The first-order valence-corrected chi connectivity index (χ1v) is 6.97. The Bertz CT molecular complexity index is 398. The summed E-state index contributed by atoms with van der Waals surface area (Å²) in [4.78, 5) is 2.56. The van der Waals surface area contributed by atoms with Gasteiger partial charge in [0.25, 0.3) is 0 Å². The van der Waals surface area contributed by atoms with Gasteiger partial charge in [0.2, 0.25) is 0 Å². The van der Waals surface area contributed by atoms with Crippen LogP contribution in [-0.2, 0) is 7.05 Å². The van der Waals surface area contributed by atoms with Crippen LogP contribution in [0.5, 0.6) is 0 Å². The van der Waals surface area contributed by atoms with E-state index < -0.39 is 0 Å². The Morgan fingerprint density at radius 2 is 2.28 bits per heavy atom. The van der Waals surface area contributed by atoms with E-state index in [-0.39, 0.29) is 0 Å². The summed E-state index contributed by atoms with van der Waals surface area (Å²) in [5.41, 5.74) is 8.38. The molecule has 4 nitrogen and oxygen atoms in total. The maximum absolute atomic E-state index is 5.89. The molecular formula is C14H26N4. The predicted octanol–water partition coefficient (Wildman–Crippen LogP) is 1.71. The number of likely N-dealkylation sites (tertiary alicyclic amines) is 1. The van der Waals surface area contributed by atoms with Crippen LogP contribution in [0.25, 0.3) is 0 Å². The van der Waals surface area contributed by atoms with Crippen molar-refractivity contribution in [3.63, 3.8) is 0 Å². The van der Waals surface area contributed by atoms with Gasteiger partial charge in [0.05, 0.1) is 5.69 Å². The van der Waals surface area contributed by atoms with E-state index in [2.05, 4.69) is 37.0 Å². The Hall–Kier alpha value is -0.870. The molecule has 102 valence electrons. The summed E-state index contributed by atoms with van der Waals surface area (Å²) in [7, 11) is 1.99. The molecule has 18 heavy (non-hydrogen) atoms. The minimum absolute atomic E-state index is 0.445. The van der Waals surface area contributed by atoms with Crippen molar-refractivity contribution >= 4 is 0 Å². The summed E-state index contributed by atoms with van der Waals surface area (Å²) in [6, 6.07) is 0.445. The van der Waals surface area contributed by atoms with Crippen LogP contribution >= 0.6 is 0 Å². The van der Waals surface area contributed by atoms with Crippen molar-refractivity contribution in [2.45, 2.75) is 33.2 Å². The lowest BCUT2D eigenvalue weighted by atomic mass is 9.86. The number of aryl methyl sites for hydroxylation is 2. The quantitative estimate of drug-likeness (QED) is 0.888. The summed E-state index contributed by atoms with van der Waals surface area (Å²) >= 11 is 0. The minimum atomic E-state index is 0.445. The third-order valence-corrected chi connectivity index (χ3v) is 4.50. The van der Waals surface area contributed by atoms with Crippen molar-refractivity contribution in [3.05, 3.63) is 17.5 Å². The molecule has 1 fully saturated rings. The van der Waals surface area contributed by atoms with Gasteiger partial charge in [-0.1, -0.05) is 6.92 Å². The van der Waals surface area contributed by atoms with Crippen LogP contribution < -0.4 is 5.73 Å². The van der Waals surface area contributed by atoms with Crippen molar-refractivity contribution in [3.8, 4) is 0 Å². The number of hydrogen-bond donors (Lipinski definition) is 1. The van der Waals surface area contributed by atoms with Crippen LogP contribution in [0.2, 0.25) is 0 Å². The van der Waals surface area contributed by atoms with E-state index in [9.17, 15) is 0 Å². The fraction of sp³-hybridized carbons (Fsp3) is 0.786. The van der Waals surface area contributed by atoms with Crippen LogP contribution in [0.3, 0.4) is 0 Å². The van der Waals surface area contributed by atoms with E-state index in [0.29, 0.717) is 12.0 Å². The predicted molar refractivity (Wildman–Crippen MR) is 74.3 cm³/mol. The van der Waals surface area contributed by atoms with Crippen LogP contribution in [0.1, 0.15) is 37.6 Å². The number of hydrogen-bond acceptors (Lipinski definition) is 3. The highest BCUT2D eigenvalue weighted by Crippen LogP contribution is 2.30. The first kappa shape index (κ1) is 13.6. The molecule has 0 spiro atoms. The van der Waals surface area contributed by atoms with Crippen LogP contribution in [0.15, 0.2) is 6.20 Å². The molecule has 2 heterocycles. The topological polar surface area (TPSA) is 47.1 Å². The first-order chi connectivity index (χ1) is 8.52. The number of nitrogens with two attached hydrogens (primary N) is 1. The van der Waals surface area contributed by atoms with Crippen LogP contribution in [-0.4, -0.2) is 34.3 Å².